The van der Waals surface area contributed by atoms with Gasteiger partial charge in [0, 0.05) is 17.0 Å². The van der Waals surface area contributed by atoms with Crippen LogP contribution in [-0.2, 0) is 9.59 Å². The first-order chi connectivity index (χ1) is 11.0. The molecule has 0 bridgehead atoms. The molecular formula is C20H42N2O2S. The van der Waals surface area contributed by atoms with Gasteiger partial charge in [-0.25, -0.2) is 10.9 Å². The van der Waals surface area contributed by atoms with E-state index in [1.807, 2.05) is 34.6 Å². The minimum atomic E-state index is -0.283. The zero-order chi connectivity index (χ0) is 20.2. The maximum Gasteiger partial charge on any atom is 0.231 e. The predicted octanol–water partition coefficient (Wildman–Crippen LogP) is 3.89. The molecule has 0 heterocycles. The molecule has 2 atom stereocenters. The molecule has 5 heteroatoms. The van der Waals surface area contributed by atoms with Gasteiger partial charge in [-0.1, -0.05) is 20.8 Å². The van der Waals surface area contributed by atoms with Crippen molar-refractivity contribution < 1.29 is 9.59 Å². The Balaban J connectivity index is 4.79. The van der Waals surface area contributed by atoms with Crippen LogP contribution in [0.15, 0.2) is 0 Å². The Bertz CT molecular complexity index is 465. The number of hydrogen-bond acceptors (Lipinski definition) is 2. The lowest BCUT2D eigenvalue weighted by Crippen LogP contribution is -2.49. The molecule has 0 aliphatic rings. The Morgan fingerprint density at radius 3 is 1.72 bits per heavy atom. The molecule has 0 aromatic rings. The number of thiol groups is 1. The highest BCUT2D eigenvalue weighted by Crippen LogP contribution is 2.35. The van der Waals surface area contributed by atoms with Crippen LogP contribution in [0.2, 0.25) is 0 Å². The molecule has 25 heavy (non-hydrogen) atoms. The van der Waals surface area contributed by atoms with E-state index in [9.17, 15) is 9.59 Å². The molecule has 2 amide bonds. The summed E-state index contributed by atoms with van der Waals surface area (Å²) in [6.07, 6.45) is 5.98. The highest BCUT2D eigenvalue weighted by atomic mass is 32.2. The minimum absolute atomic E-state index is 0.0683. The average Bonchev–Trinajstić information content (AvgIpc) is 2.41. The van der Waals surface area contributed by atoms with Gasteiger partial charge >= 0.3 is 0 Å². The summed E-state index contributed by atoms with van der Waals surface area (Å²) < 4.78 is 0. The van der Waals surface area contributed by atoms with Gasteiger partial charge in [0.25, 0.3) is 0 Å². The zero-order valence-corrected chi connectivity index (χ0v) is 19.2. The molecule has 4 nitrogen and oxygen atoms in total. The summed E-state index contributed by atoms with van der Waals surface area (Å²) in [5.74, 6) is 0.143. The maximum absolute atomic E-state index is 12.5. The van der Waals surface area contributed by atoms with Crippen LogP contribution >= 0.6 is 10.9 Å². The van der Waals surface area contributed by atoms with Gasteiger partial charge in [-0.2, -0.15) is 0 Å². The van der Waals surface area contributed by atoms with Crippen molar-refractivity contribution in [1.29, 1.82) is 0 Å². The van der Waals surface area contributed by atoms with Crippen molar-refractivity contribution in [3.8, 4) is 0 Å². The van der Waals surface area contributed by atoms with Gasteiger partial charge in [0.05, 0.1) is 5.25 Å². The standard InChI is InChI=1S/C20H42N2O2S/c1-14(16(23)21-18(3,4)5)19(6,7)12-13-20(8,9)22-17(24)15(2)25(10)11/h14-15,25H,12-13H2,1-11H3,(H,21,23)(H,22,24)/t14-,15+/m0/s1. The van der Waals surface area contributed by atoms with Crippen molar-refractivity contribution in [3.63, 3.8) is 0 Å². The molecule has 0 aliphatic heterocycles. The SMILES string of the molecule is C[C@H](C(=O)NC(C)(C)CCC(C)(C)[C@@H](C)C(=O)NC(C)(C)C)[SH](C)C. The van der Waals surface area contributed by atoms with Crippen LogP contribution < -0.4 is 10.6 Å². The van der Waals surface area contributed by atoms with Gasteiger partial charge in [-0.15, -0.1) is 0 Å². The molecule has 0 saturated heterocycles. The molecule has 0 fully saturated rings. The van der Waals surface area contributed by atoms with Crippen LogP contribution in [-0.4, -0.2) is 40.7 Å². The number of nitrogens with one attached hydrogen (secondary N) is 2. The lowest BCUT2D eigenvalue weighted by molar-refractivity contribution is -0.130. The molecule has 0 saturated carbocycles. The van der Waals surface area contributed by atoms with Crippen molar-refractivity contribution in [2.24, 2.45) is 11.3 Å². The Hall–Kier alpha value is -0.710. The number of carbonyl (C=O) groups excluding carboxylic acids is 2. The molecule has 0 radical (unpaired) electrons. The van der Waals surface area contributed by atoms with E-state index < -0.39 is 0 Å². The predicted molar refractivity (Wildman–Crippen MR) is 113 cm³/mol. The fourth-order valence-corrected chi connectivity index (χ4v) is 2.95. The summed E-state index contributed by atoms with van der Waals surface area (Å²) in [5.41, 5.74) is -0.622. The van der Waals surface area contributed by atoms with E-state index >= 15 is 0 Å². The topological polar surface area (TPSA) is 58.2 Å². The third-order valence-electron chi connectivity index (χ3n) is 5.07. The second kappa shape index (κ2) is 8.79. The summed E-state index contributed by atoms with van der Waals surface area (Å²) in [5, 5.41) is 6.34. The lowest BCUT2D eigenvalue weighted by Gasteiger charge is -2.37. The maximum atomic E-state index is 12.5. The summed E-state index contributed by atoms with van der Waals surface area (Å²) in [4.78, 5) is 24.9. The molecule has 2 N–H and O–H groups in total. The van der Waals surface area contributed by atoms with Gasteiger partial charge in [-0.3, -0.25) is 9.59 Å². The first-order valence-electron chi connectivity index (χ1n) is 9.29. The first-order valence-corrected chi connectivity index (χ1v) is 11.6. The van der Waals surface area contributed by atoms with Crippen molar-refractivity contribution in [2.75, 3.05) is 12.5 Å². The number of amides is 2. The molecule has 0 aromatic carbocycles. The van der Waals surface area contributed by atoms with E-state index in [0.29, 0.717) is 0 Å². The van der Waals surface area contributed by atoms with Crippen LogP contribution in [0.1, 0.15) is 75.2 Å². The molecular weight excluding hydrogens is 332 g/mol. The third-order valence-corrected chi connectivity index (χ3v) is 6.86. The van der Waals surface area contributed by atoms with Crippen LogP contribution in [0.25, 0.3) is 0 Å². The molecule has 150 valence electrons. The Morgan fingerprint density at radius 1 is 0.840 bits per heavy atom. The van der Waals surface area contributed by atoms with E-state index in [1.54, 1.807) is 0 Å². The van der Waals surface area contributed by atoms with Crippen molar-refractivity contribution in [2.45, 2.75) is 91.5 Å². The largest absolute Gasteiger partial charge is 0.351 e. The Labute approximate surface area is 158 Å². The lowest BCUT2D eigenvalue weighted by atomic mass is 9.73. The Kier molecular flexibility index (Phi) is 8.54. The molecule has 0 aromatic heterocycles. The zero-order valence-electron chi connectivity index (χ0n) is 18.3. The summed E-state index contributed by atoms with van der Waals surface area (Å²) in [6.45, 7) is 18.4. The van der Waals surface area contributed by atoms with Crippen LogP contribution in [0, 0.1) is 11.3 Å². The first kappa shape index (κ1) is 24.3. The van der Waals surface area contributed by atoms with E-state index in [2.05, 4.69) is 50.8 Å². The van der Waals surface area contributed by atoms with Gasteiger partial charge < -0.3 is 10.6 Å². The fourth-order valence-electron chi connectivity index (χ4n) is 2.42. The average molecular weight is 375 g/mol. The molecule has 0 spiro atoms. The van der Waals surface area contributed by atoms with E-state index in [-0.39, 0.29) is 50.4 Å². The highest BCUT2D eigenvalue weighted by molar-refractivity contribution is 8.16. The van der Waals surface area contributed by atoms with Crippen molar-refractivity contribution in [3.05, 3.63) is 0 Å². The molecule has 0 unspecified atom stereocenters. The summed E-state index contributed by atoms with van der Waals surface area (Å²) in [7, 11) is -0.283. The monoisotopic (exact) mass is 374 g/mol. The Morgan fingerprint density at radius 2 is 1.32 bits per heavy atom. The number of rotatable bonds is 8. The molecule has 0 rings (SSSR count). The molecule has 0 aliphatic carbocycles. The van der Waals surface area contributed by atoms with Gasteiger partial charge in [-0.05, 0) is 72.3 Å². The fraction of sp³-hybridized carbons (Fsp3) is 0.900. The number of carbonyl (C=O) groups is 2. The van der Waals surface area contributed by atoms with Crippen LogP contribution in [0.5, 0.6) is 0 Å². The van der Waals surface area contributed by atoms with Crippen molar-refractivity contribution in [1.82, 2.24) is 10.6 Å². The summed E-state index contributed by atoms with van der Waals surface area (Å²) >= 11 is 0. The highest BCUT2D eigenvalue weighted by Gasteiger charge is 2.35. The van der Waals surface area contributed by atoms with E-state index in [4.69, 9.17) is 0 Å². The smallest absolute Gasteiger partial charge is 0.231 e. The van der Waals surface area contributed by atoms with Crippen LogP contribution in [0.4, 0.5) is 0 Å². The van der Waals surface area contributed by atoms with Gasteiger partial charge in [0.2, 0.25) is 11.8 Å². The second-order valence-corrected chi connectivity index (χ2v) is 12.7. The summed E-state index contributed by atoms with van der Waals surface area (Å²) in [6, 6.07) is 0. The van der Waals surface area contributed by atoms with Gasteiger partial charge in [0.15, 0.2) is 0 Å². The minimum Gasteiger partial charge on any atom is -0.351 e. The van der Waals surface area contributed by atoms with E-state index in [0.717, 1.165) is 12.8 Å². The number of hydrogen-bond donors (Lipinski definition) is 3. The normalized spacial score (nSPS) is 16.0. The second-order valence-electron chi connectivity index (χ2n) is 9.96. The third kappa shape index (κ3) is 8.98. The quantitative estimate of drug-likeness (QED) is 0.565. The van der Waals surface area contributed by atoms with E-state index in [1.165, 1.54) is 0 Å². The van der Waals surface area contributed by atoms with Crippen LogP contribution in [0.3, 0.4) is 0 Å². The van der Waals surface area contributed by atoms with Gasteiger partial charge in [0.1, 0.15) is 0 Å². The van der Waals surface area contributed by atoms with Crippen molar-refractivity contribution >= 4 is 22.7 Å².